The summed E-state index contributed by atoms with van der Waals surface area (Å²) in [5.41, 5.74) is 5.51. The normalized spacial score (nSPS) is 11.8. The minimum atomic E-state index is -3.47. The van der Waals surface area contributed by atoms with E-state index in [1.54, 1.807) is 28.5 Å². The number of nitrogens with two attached hydrogens (primary N) is 1. The number of thiophene rings is 1. The maximum Gasteiger partial charge on any atom is 0.241 e. The lowest BCUT2D eigenvalue weighted by molar-refractivity contribution is 0.542. The third kappa shape index (κ3) is 3.60. The molecule has 7 nitrogen and oxygen atoms in total. The van der Waals surface area contributed by atoms with E-state index in [1.165, 1.54) is 11.3 Å². The van der Waals surface area contributed by atoms with Crippen molar-refractivity contribution in [3.8, 4) is 0 Å². The standard InChI is InChI=1S/C10H15N5O2S2/c11-8-9-10(2-7-18-9)19(16,17)13-3-1-5-15-6-4-12-14-15/h2,4,6-7,13H,1,3,5,8,11H2. The fourth-order valence-electron chi connectivity index (χ4n) is 1.59. The van der Waals surface area contributed by atoms with Gasteiger partial charge in [0.25, 0.3) is 0 Å². The quantitative estimate of drug-likeness (QED) is 0.709. The van der Waals surface area contributed by atoms with Gasteiger partial charge in [0.1, 0.15) is 0 Å². The second-order valence-electron chi connectivity index (χ2n) is 3.83. The maximum atomic E-state index is 12.0. The van der Waals surface area contributed by atoms with Crippen LogP contribution in [0.15, 0.2) is 28.7 Å². The molecule has 0 unspecified atom stereocenters. The Labute approximate surface area is 115 Å². The van der Waals surface area contributed by atoms with Crippen molar-refractivity contribution in [1.29, 1.82) is 0 Å². The summed E-state index contributed by atoms with van der Waals surface area (Å²) in [6.07, 6.45) is 3.97. The monoisotopic (exact) mass is 301 g/mol. The van der Waals surface area contributed by atoms with E-state index < -0.39 is 10.0 Å². The molecule has 0 saturated carbocycles. The van der Waals surface area contributed by atoms with Gasteiger partial charge in [-0.05, 0) is 17.9 Å². The van der Waals surface area contributed by atoms with Crippen LogP contribution < -0.4 is 10.5 Å². The van der Waals surface area contributed by atoms with Crippen molar-refractivity contribution < 1.29 is 8.42 Å². The summed E-state index contributed by atoms with van der Waals surface area (Å²) in [5, 5.41) is 9.21. The van der Waals surface area contributed by atoms with Crippen LogP contribution in [0.1, 0.15) is 11.3 Å². The van der Waals surface area contributed by atoms with Gasteiger partial charge in [0.2, 0.25) is 10.0 Å². The summed E-state index contributed by atoms with van der Waals surface area (Å²) in [6, 6.07) is 1.58. The van der Waals surface area contributed by atoms with E-state index in [9.17, 15) is 8.42 Å². The number of sulfonamides is 1. The molecule has 2 aromatic heterocycles. The zero-order valence-electron chi connectivity index (χ0n) is 10.2. The molecule has 9 heteroatoms. The molecule has 2 heterocycles. The summed E-state index contributed by atoms with van der Waals surface area (Å²) in [4.78, 5) is 0.949. The smallest absolute Gasteiger partial charge is 0.241 e. The Morgan fingerprint density at radius 2 is 2.32 bits per heavy atom. The maximum absolute atomic E-state index is 12.0. The number of aromatic nitrogens is 3. The molecule has 3 N–H and O–H groups in total. The lowest BCUT2D eigenvalue weighted by atomic mass is 10.4. The van der Waals surface area contributed by atoms with Crippen LogP contribution in [0, 0.1) is 0 Å². The van der Waals surface area contributed by atoms with Crippen LogP contribution in [0.4, 0.5) is 0 Å². The Balaban J connectivity index is 1.88. The molecular formula is C10H15N5O2S2. The van der Waals surface area contributed by atoms with E-state index in [2.05, 4.69) is 15.0 Å². The summed E-state index contributed by atoms with van der Waals surface area (Å²) in [7, 11) is -3.47. The van der Waals surface area contributed by atoms with Crippen molar-refractivity contribution in [3.63, 3.8) is 0 Å². The molecule has 2 rings (SSSR count). The number of nitrogens with zero attached hydrogens (tertiary/aromatic N) is 3. The highest BCUT2D eigenvalue weighted by atomic mass is 32.2. The molecule has 0 radical (unpaired) electrons. The Bertz CT molecular complexity index is 606. The molecule has 0 aliphatic heterocycles. The Morgan fingerprint density at radius 1 is 1.47 bits per heavy atom. The number of aryl methyl sites for hydroxylation is 1. The number of rotatable bonds is 7. The minimum absolute atomic E-state index is 0.229. The van der Waals surface area contributed by atoms with Gasteiger partial charge in [-0.15, -0.1) is 16.4 Å². The van der Waals surface area contributed by atoms with E-state index in [0.29, 0.717) is 24.4 Å². The van der Waals surface area contributed by atoms with Gasteiger partial charge in [-0.2, -0.15) is 0 Å². The van der Waals surface area contributed by atoms with E-state index in [-0.39, 0.29) is 11.4 Å². The molecule has 2 aromatic rings. The van der Waals surface area contributed by atoms with Crippen molar-refractivity contribution in [2.45, 2.75) is 24.4 Å². The predicted molar refractivity (Wildman–Crippen MR) is 72.0 cm³/mol. The first-order chi connectivity index (χ1) is 9.13. The number of nitrogens with one attached hydrogen (secondary N) is 1. The van der Waals surface area contributed by atoms with Crippen LogP contribution in [-0.2, 0) is 23.1 Å². The summed E-state index contributed by atoms with van der Waals surface area (Å²) >= 11 is 1.35. The number of hydrogen-bond acceptors (Lipinski definition) is 6. The van der Waals surface area contributed by atoms with Gasteiger partial charge >= 0.3 is 0 Å². The van der Waals surface area contributed by atoms with Crippen LogP contribution in [0.25, 0.3) is 0 Å². The summed E-state index contributed by atoms with van der Waals surface area (Å²) in [5.74, 6) is 0. The first-order valence-corrected chi connectivity index (χ1v) is 8.10. The van der Waals surface area contributed by atoms with E-state index in [0.717, 1.165) is 0 Å². The predicted octanol–water partition coefficient (Wildman–Crippen LogP) is 0.167. The van der Waals surface area contributed by atoms with Crippen molar-refractivity contribution in [1.82, 2.24) is 19.7 Å². The third-order valence-corrected chi connectivity index (χ3v) is 5.13. The zero-order chi connectivity index (χ0) is 13.7. The third-order valence-electron chi connectivity index (χ3n) is 2.51. The highest BCUT2D eigenvalue weighted by molar-refractivity contribution is 7.89. The molecule has 19 heavy (non-hydrogen) atoms. The molecule has 0 saturated heterocycles. The van der Waals surface area contributed by atoms with Gasteiger partial charge in [-0.25, -0.2) is 13.1 Å². The molecule has 0 atom stereocenters. The van der Waals surface area contributed by atoms with Crippen molar-refractivity contribution in [2.75, 3.05) is 6.54 Å². The highest BCUT2D eigenvalue weighted by Gasteiger charge is 2.18. The van der Waals surface area contributed by atoms with E-state index >= 15 is 0 Å². The molecule has 0 amide bonds. The fraction of sp³-hybridized carbons (Fsp3) is 0.400. The second kappa shape index (κ2) is 6.24. The van der Waals surface area contributed by atoms with Gasteiger partial charge < -0.3 is 5.73 Å². The first kappa shape index (κ1) is 14.1. The second-order valence-corrected chi connectivity index (χ2v) is 6.57. The number of hydrogen-bond donors (Lipinski definition) is 2. The van der Waals surface area contributed by atoms with Crippen molar-refractivity contribution >= 4 is 21.4 Å². The molecule has 0 aromatic carbocycles. The molecule has 104 valence electrons. The first-order valence-electron chi connectivity index (χ1n) is 5.73. The average Bonchev–Trinajstić information content (AvgIpc) is 3.05. The fourth-order valence-corrected chi connectivity index (χ4v) is 4.00. The Kier molecular flexibility index (Phi) is 4.64. The highest BCUT2D eigenvalue weighted by Crippen LogP contribution is 2.20. The van der Waals surface area contributed by atoms with Crippen LogP contribution in [-0.4, -0.2) is 30.0 Å². The lowest BCUT2D eigenvalue weighted by Gasteiger charge is -2.06. The van der Waals surface area contributed by atoms with Crippen LogP contribution in [0.5, 0.6) is 0 Å². The summed E-state index contributed by atoms with van der Waals surface area (Å²) < 4.78 is 28.3. The van der Waals surface area contributed by atoms with E-state index in [1.807, 2.05) is 0 Å². The molecule has 0 fully saturated rings. The molecule has 0 aliphatic rings. The van der Waals surface area contributed by atoms with Crippen LogP contribution >= 0.6 is 11.3 Å². The Morgan fingerprint density at radius 3 is 3.00 bits per heavy atom. The van der Waals surface area contributed by atoms with Crippen LogP contribution in [0.2, 0.25) is 0 Å². The zero-order valence-corrected chi connectivity index (χ0v) is 11.8. The van der Waals surface area contributed by atoms with Gasteiger partial charge in [0, 0.05) is 30.7 Å². The Hall–Kier alpha value is -1.29. The lowest BCUT2D eigenvalue weighted by Crippen LogP contribution is -2.26. The SMILES string of the molecule is NCc1sccc1S(=O)(=O)NCCCn1ccnn1. The van der Waals surface area contributed by atoms with Gasteiger partial charge in [0.05, 0.1) is 11.1 Å². The van der Waals surface area contributed by atoms with Gasteiger partial charge in [-0.3, -0.25) is 4.68 Å². The molecule has 0 aliphatic carbocycles. The van der Waals surface area contributed by atoms with Crippen molar-refractivity contribution in [3.05, 3.63) is 28.7 Å². The van der Waals surface area contributed by atoms with Crippen molar-refractivity contribution in [2.24, 2.45) is 5.73 Å². The molecule has 0 spiro atoms. The molecule has 0 bridgehead atoms. The van der Waals surface area contributed by atoms with E-state index in [4.69, 9.17) is 5.73 Å². The van der Waals surface area contributed by atoms with Gasteiger partial charge in [0.15, 0.2) is 0 Å². The average molecular weight is 301 g/mol. The summed E-state index contributed by atoms with van der Waals surface area (Å²) in [6.45, 7) is 1.20. The van der Waals surface area contributed by atoms with Gasteiger partial charge in [-0.1, -0.05) is 5.21 Å². The minimum Gasteiger partial charge on any atom is -0.326 e. The largest absolute Gasteiger partial charge is 0.326 e. The molecular weight excluding hydrogens is 286 g/mol. The van der Waals surface area contributed by atoms with Crippen LogP contribution in [0.3, 0.4) is 0 Å². The topological polar surface area (TPSA) is 103 Å².